The van der Waals surface area contributed by atoms with E-state index in [0.717, 1.165) is 6.29 Å². The molecule has 2 heterocycles. The van der Waals surface area contributed by atoms with Crippen molar-refractivity contribution in [2.75, 3.05) is 12.4 Å². The van der Waals surface area contributed by atoms with Crippen LogP contribution in [0, 0.1) is 17.7 Å². The van der Waals surface area contributed by atoms with Crippen LogP contribution in [0.15, 0.2) is 53.2 Å². The van der Waals surface area contributed by atoms with Crippen molar-refractivity contribution >= 4 is 40.3 Å². The summed E-state index contributed by atoms with van der Waals surface area (Å²) in [5, 5.41) is 3.76. The second-order valence-corrected chi connectivity index (χ2v) is 7.48. The Labute approximate surface area is 199 Å². The average Bonchev–Trinajstić information content (AvgIpc) is 3.28. The molecule has 172 valence electrons. The van der Waals surface area contributed by atoms with Gasteiger partial charge < -0.3 is 24.0 Å². The Morgan fingerprint density at radius 1 is 1.18 bits per heavy atom. The first-order chi connectivity index (χ1) is 16.6. The topological polar surface area (TPSA) is 86.5 Å². The molecule has 0 saturated carbocycles. The quantitative estimate of drug-likeness (QED) is 0.181. The molecular formula is C25H19ClFN3O4. The zero-order chi connectivity index (χ0) is 23.9. The van der Waals surface area contributed by atoms with Gasteiger partial charge in [0.05, 0.1) is 17.6 Å². The first-order valence-corrected chi connectivity index (χ1v) is 10.7. The number of nitrogens with zero attached hydrogens (tertiary/aromatic N) is 2. The second-order valence-electron chi connectivity index (χ2n) is 7.08. The van der Waals surface area contributed by atoms with Gasteiger partial charge in [0.1, 0.15) is 24.2 Å². The highest BCUT2D eigenvalue weighted by molar-refractivity contribution is 6.31. The maximum Gasteiger partial charge on any atom is 0.291 e. The Morgan fingerprint density at radius 3 is 2.85 bits per heavy atom. The van der Waals surface area contributed by atoms with Crippen LogP contribution >= 0.6 is 11.6 Å². The van der Waals surface area contributed by atoms with E-state index in [4.69, 9.17) is 25.5 Å². The summed E-state index contributed by atoms with van der Waals surface area (Å²) in [5.74, 6) is 7.32. The number of methoxy groups -OCH3 is 1. The number of anilines is 2. The highest BCUT2D eigenvalue weighted by Crippen LogP contribution is 2.37. The number of carbonyl (C=O) groups excluding carboxylic acids is 1. The smallest absolute Gasteiger partial charge is 0.291 e. The van der Waals surface area contributed by atoms with Crippen molar-refractivity contribution < 1.29 is 23.1 Å². The maximum atomic E-state index is 13.5. The van der Waals surface area contributed by atoms with E-state index in [1.165, 1.54) is 25.6 Å². The molecule has 0 aliphatic heterocycles. The fraction of sp³-hybridized carbons (Fsp3) is 0.160. The van der Waals surface area contributed by atoms with E-state index in [9.17, 15) is 9.18 Å². The fourth-order valence-electron chi connectivity index (χ4n) is 3.09. The number of ether oxygens (including phenoxy) is 2. The van der Waals surface area contributed by atoms with Gasteiger partial charge in [-0.05, 0) is 42.7 Å². The second kappa shape index (κ2) is 10.7. The highest BCUT2D eigenvalue weighted by Gasteiger charge is 2.14. The lowest BCUT2D eigenvalue weighted by Crippen LogP contribution is -1.98. The summed E-state index contributed by atoms with van der Waals surface area (Å²) in [7, 11) is 1.52. The standard InChI is InChI=1S/C25H19ClFN3O4/c1-32-22-14-21-18(25(29-15-28-21)30-16-7-9-20(27)19(26)12-16)13-23(22)34-24-10-8-17(33-24)6-4-2-3-5-11-31/h7-15H,2-3,5H2,1H3,(H,28,29,30). The number of carbonyl (C=O) groups is 1. The lowest BCUT2D eigenvalue weighted by molar-refractivity contribution is -0.107. The van der Waals surface area contributed by atoms with Gasteiger partial charge in [0.2, 0.25) is 0 Å². The van der Waals surface area contributed by atoms with Gasteiger partial charge in [0.25, 0.3) is 5.95 Å². The number of aromatic nitrogens is 2. The molecule has 0 aliphatic rings. The Balaban J connectivity index is 1.61. The molecule has 0 bridgehead atoms. The predicted molar refractivity (Wildman–Crippen MR) is 126 cm³/mol. The number of furan rings is 1. The van der Waals surface area contributed by atoms with Gasteiger partial charge in [-0.25, -0.2) is 14.4 Å². The summed E-state index contributed by atoms with van der Waals surface area (Å²) >= 11 is 5.89. The molecule has 4 aromatic rings. The normalized spacial score (nSPS) is 10.4. The minimum absolute atomic E-state index is 0.00508. The van der Waals surface area contributed by atoms with Gasteiger partial charge in [-0.15, -0.1) is 0 Å². The summed E-state index contributed by atoms with van der Waals surface area (Å²) < 4.78 is 30.5. The van der Waals surface area contributed by atoms with E-state index in [-0.39, 0.29) is 11.0 Å². The molecule has 0 atom stereocenters. The number of rotatable bonds is 8. The summed E-state index contributed by atoms with van der Waals surface area (Å²) in [4.78, 5) is 19.0. The van der Waals surface area contributed by atoms with Gasteiger partial charge in [-0.3, -0.25) is 0 Å². The molecule has 4 rings (SSSR count). The largest absolute Gasteiger partial charge is 0.493 e. The Kier molecular flexibility index (Phi) is 7.25. The zero-order valence-corrected chi connectivity index (χ0v) is 18.9. The van der Waals surface area contributed by atoms with Crippen LogP contribution in [0.25, 0.3) is 10.9 Å². The number of aldehydes is 1. The highest BCUT2D eigenvalue weighted by atomic mass is 35.5. The molecule has 0 unspecified atom stereocenters. The monoisotopic (exact) mass is 479 g/mol. The molecular weight excluding hydrogens is 461 g/mol. The molecule has 0 fully saturated rings. The van der Waals surface area contributed by atoms with Crippen LogP contribution in [-0.4, -0.2) is 23.4 Å². The van der Waals surface area contributed by atoms with Crippen LogP contribution in [0.2, 0.25) is 5.02 Å². The van der Waals surface area contributed by atoms with Crippen molar-refractivity contribution in [2.45, 2.75) is 19.3 Å². The van der Waals surface area contributed by atoms with Crippen molar-refractivity contribution in [1.82, 2.24) is 9.97 Å². The molecule has 0 spiro atoms. The third kappa shape index (κ3) is 5.45. The van der Waals surface area contributed by atoms with Crippen molar-refractivity contribution in [3.8, 4) is 29.3 Å². The molecule has 7 nitrogen and oxygen atoms in total. The first-order valence-electron chi connectivity index (χ1n) is 10.3. The Bertz CT molecular complexity index is 1390. The Hall–Kier alpha value is -4.09. The lowest BCUT2D eigenvalue weighted by atomic mass is 10.2. The van der Waals surface area contributed by atoms with Crippen molar-refractivity contribution in [3.05, 3.63) is 65.4 Å². The number of halogens is 2. The van der Waals surface area contributed by atoms with Crippen LogP contribution in [0.5, 0.6) is 17.4 Å². The number of unbranched alkanes of at least 4 members (excludes halogenated alkanes) is 2. The van der Waals surface area contributed by atoms with Crippen LogP contribution in [0.3, 0.4) is 0 Å². The van der Waals surface area contributed by atoms with E-state index in [1.54, 1.807) is 30.3 Å². The minimum atomic E-state index is -0.511. The number of nitrogens with one attached hydrogen (secondary N) is 1. The average molecular weight is 480 g/mol. The van der Waals surface area contributed by atoms with Gasteiger partial charge in [-0.1, -0.05) is 17.5 Å². The van der Waals surface area contributed by atoms with E-state index < -0.39 is 5.82 Å². The van der Waals surface area contributed by atoms with Crippen LogP contribution in [-0.2, 0) is 4.79 Å². The molecule has 2 aromatic heterocycles. The fourth-order valence-corrected chi connectivity index (χ4v) is 3.27. The van der Waals surface area contributed by atoms with Crippen molar-refractivity contribution in [2.24, 2.45) is 0 Å². The summed E-state index contributed by atoms with van der Waals surface area (Å²) in [6.07, 6.45) is 4.07. The number of hydrogen-bond donors (Lipinski definition) is 1. The Morgan fingerprint density at radius 2 is 2.06 bits per heavy atom. The van der Waals surface area contributed by atoms with Crippen molar-refractivity contribution in [3.63, 3.8) is 0 Å². The molecule has 34 heavy (non-hydrogen) atoms. The van der Waals surface area contributed by atoms with Crippen LogP contribution < -0.4 is 14.8 Å². The number of fused-ring (bicyclic) bond motifs is 1. The number of benzene rings is 2. The molecule has 0 aliphatic carbocycles. The molecule has 0 saturated heterocycles. The molecule has 0 amide bonds. The van der Waals surface area contributed by atoms with Crippen molar-refractivity contribution in [1.29, 1.82) is 0 Å². The first kappa shape index (κ1) is 23.1. The summed E-state index contributed by atoms with van der Waals surface area (Å²) in [6.45, 7) is 0. The zero-order valence-electron chi connectivity index (χ0n) is 18.1. The third-order valence-corrected chi connectivity index (χ3v) is 5.02. The SMILES string of the molecule is COc1cc2ncnc(Nc3ccc(F)c(Cl)c3)c2cc1Oc1ccc(C#CCCCC=O)o1. The van der Waals surface area contributed by atoms with E-state index in [1.807, 2.05) is 0 Å². The third-order valence-electron chi connectivity index (χ3n) is 4.73. The molecule has 2 aromatic carbocycles. The van der Waals surface area contributed by atoms with Gasteiger partial charge in [0.15, 0.2) is 17.3 Å². The van der Waals surface area contributed by atoms with E-state index in [0.29, 0.717) is 58.9 Å². The maximum absolute atomic E-state index is 13.5. The van der Waals surface area contributed by atoms with E-state index >= 15 is 0 Å². The molecule has 1 N–H and O–H groups in total. The summed E-state index contributed by atoms with van der Waals surface area (Å²) in [5.41, 5.74) is 1.17. The van der Waals surface area contributed by atoms with E-state index in [2.05, 4.69) is 27.1 Å². The summed E-state index contributed by atoms with van der Waals surface area (Å²) in [6, 6.07) is 11.1. The molecule has 9 heteroatoms. The minimum Gasteiger partial charge on any atom is -0.493 e. The molecule has 0 radical (unpaired) electrons. The van der Waals surface area contributed by atoms with Gasteiger partial charge >= 0.3 is 0 Å². The van der Waals surface area contributed by atoms with Gasteiger partial charge in [-0.2, -0.15) is 0 Å². The number of hydrogen-bond acceptors (Lipinski definition) is 7. The van der Waals surface area contributed by atoms with Crippen LogP contribution in [0.1, 0.15) is 25.0 Å². The predicted octanol–water partition coefficient (Wildman–Crippen LogP) is 6.28. The van der Waals surface area contributed by atoms with Crippen LogP contribution in [0.4, 0.5) is 15.9 Å². The van der Waals surface area contributed by atoms with Gasteiger partial charge in [0, 0.05) is 36.0 Å². The lowest BCUT2D eigenvalue weighted by Gasteiger charge is -2.13.